The highest BCUT2D eigenvalue weighted by Crippen LogP contribution is 2.43. The van der Waals surface area contributed by atoms with Gasteiger partial charge in [-0.15, -0.1) is 0 Å². The van der Waals surface area contributed by atoms with Gasteiger partial charge >= 0.3 is 5.97 Å². The lowest BCUT2D eigenvalue weighted by atomic mass is 9.95. The lowest BCUT2D eigenvalue weighted by Gasteiger charge is -2.26. The molecular weight excluding hydrogens is 434 g/mol. The Balaban J connectivity index is 1.96. The van der Waals surface area contributed by atoms with Crippen molar-refractivity contribution in [1.82, 2.24) is 0 Å². The van der Waals surface area contributed by atoms with Crippen LogP contribution in [0.2, 0.25) is 5.02 Å². The molecule has 32 heavy (non-hydrogen) atoms. The van der Waals surface area contributed by atoms with Gasteiger partial charge in [0.1, 0.15) is 17.1 Å². The first-order valence-corrected chi connectivity index (χ1v) is 9.85. The second kappa shape index (κ2) is 8.20. The van der Waals surface area contributed by atoms with Gasteiger partial charge in [0.25, 0.3) is 11.7 Å². The summed E-state index contributed by atoms with van der Waals surface area (Å²) in [6, 6.07) is 17.2. The zero-order valence-electron chi connectivity index (χ0n) is 16.4. The number of Topliss-reactive ketones (excluding diaryl/α,β-unsaturated/α-hetero) is 1. The molecule has 1 heterocycles. The summed E-state index contributed by atoms with van der Waals surface area (Å²) >= 11 is 6.00. The first-order valence-electron chi connectivity index (χ1n) is 9.48. The minimum atomic E-state index is -1.40. The number of anilines is 1. The van der Waals surface area contributed by atoms with E-state index in [0.717, 1.165) is 17.0 Å². The lowest BCUT2D eigenvalue weighted by molar-refractivity contribution is -0.132. The smallest absolute Gasteiger partial charge is 0.339 e. The molecule has 0 aliphatic carbocycles. The van der Waals surface area contributed by atoms with E-state index in [1.54, 1.807) is 54.6 Å². The predicted octanol–water partition coefficient (Wildman–Crippen LogP) is 4.37. The van der Waals surface area contributed by atoms with E-state index < -0.39 is 35.0 Å². The van der Waals surface area contributed by atoms with Gasteiger partial charge in [-0.05, 0) is 35.9 Å². The minimum Gasteiger partial charge on any atom is -0.507 e. The second-order valence-corrected chi connectivity index (χ2v) is 7.53. The van der Waals surface area contributed by atoms with Crippen LogP contribution in [0.5, 0.6) is 5.75 Å². The fraction of sp³-hybridized carbons (Fsp3) is 0.0417. The number of carboxylic acid groups (broad SMARTS) is 1. The molecule has 1 atom stereocenters. The lowest BCUT2D eigenvalue weighted by Crippen LogP contribution is -2.29. The van der Waals surface area contributed by atoms with E-state index in [2.05, 4.69) is 0 Å². The number of ketones is 1. The van der Waals surface area contributed by atoms with Crippen molar-refractivity contribution < 1.29 is 29.7 Å². The zero-order valence-corrected chi connectivity index (χ0v) is 17.2. The van der Waals surface area contributed by atoms with Crippen LogP contribution >= 0.6 is 11.6 Å². The minimum absolute atomic E-state index is 0.0781. The van der Waals surface area contributed by atoms with Crippen molar-refractivity contribution in [3.63, 3.8) is 0 Å². The second-order valence-electron chi connectivity index (χ2n) is 7.09. The Morgan fingerprint density at radius 3 is 2.19 bits per heavy atom. The Bertz CT molecular complexity index is 1270. The van der Waals surface area contributed by atoms with Gasteiger partial charge < -0.3 is 15.3 Å². The fourth-order valence-corrected chi connectivity index (χ4v) is 3.78. The third kappa shape index (κ3) is 3.59. The van der Waals surface area contributed by atoms with E-state index in [9.17, 15) is 29.7 Å². The largest absolute Gasteiger partial charge is 0.507 e. The number of carbonyl (C=O) groups is 3. The summed E-state index contributed by atoms with van der Waals surface area (Å²) in [7, 11) is 0. The summed E-state index contributed by atoms with van der Waals surface area (Å²) in [5.41, 5.74) is 0.336. The Labute approximate surface area is 187 Å². The van der Waals surface area contributed by atoms with Gasteiger partial charge in [0.05, 0.1) is 11.6 Å². The number of hydrogen-bond donors (Lipinski definition) is 3. The van der Waals surface area contributed by atoms with E-state index in [0.29, 0.717) is 16.1 Å². The molecule has 0 bridgehead atoms. The third-order valence-electron chi connectivity index (χ3n) is 5.17. The molecule has 1 aliphatic rings. The van der Waals surface area contributed by atoms with Crippen molar-refractivity contribution in [2.45, 2.75) is 6.04 Å². The number of aromatic hydroxyl groups is 1. The van der Waals surface area contributed by atoms with Crippen LogP contribution in [0.15, 0.2) is 78.4 Å². The van der Waals surface area contributed by atoms with Crippen LogP contribution in [0.3, 0.4) is 0 Å². The molecular formula is C24H16ClNO6. The molecule has 1 aliphatic heterocycles. The van der Waals surface area contributed by atoms with Crippen molar-refractivity contribution in [1.29, 1.82) is 0 Å². The Morgan fingerprint density at radius 2 is 1.56 bits per heavy atom. The molecule has 3 aromatic carbocycles. The highest BCUT2D eigenvalue weighted by atomic mass is 35.5. The van der Waals surface area contributed by atoms with Crippen LogP contribution in [-0.4, -0.2) is 33.0 Å². The van der Waals surface area contributed by atoms with Crippen molar-refractivity contribution in [3.05, 3.63) is 100 Å². The van der Waals surface area contributed by atoms with Gasteiger partial charge in [-0.1, -0.05) is 54.1 Å². The predicted molar refractivity (Wildman–Crippen MR) is 118 cm³/mol. The number of aromatic carboxylic acids is 1. The van der Waals surface area contributed by atoms with Crippen LogP contribution < -0.4 is 4.90 Å². The quantitative estimate of drug-likeness (QED) is 0.309. The summed E-state index contributed by atoms with van der Waals surface area (Å²) in [4.78, 5) is 38.7. The van der Waals surface area contributed by atoms with Gasteiger partial charge in [0, 0.05) is 16.3 Å². The molecule has 0 spiro atoms. The van der Waals surface area contributed by atoms with Gasteiger partial charge in [-0.25, -0.2) is 4.79 Å². The van der Waals surface area contributed by atoms with Crippen molar-refractivity contribution >= 4 is 40.7 Å². The first-order chi connectivity index (χ1) is 15.3. The molecule has 1 saturated heterocycles. The van der Waals surface area contributed by atoms with Gasteiger partial charge in [-0.2, -0.15) is 0 Å². The summed E-state index contributed by atoms with van der Waals surface area (Å²) in [5, 5.41) is 30.6. The number of benzene rings is 3. The normalized spacial score (nSPS) is 17.5. The number of aliphatic hydroxyl groups excluding tert-OH is 1. The molecule has 3 aromatic rings. The SMILES string of the molecule is O=C1C(=O)N(c2ccc(O)c(C(=O)O)c2)[C@@H](c2ccc(Cl)cc2)C1=C(O)c1ccccc1. The maximum Gasteiger partial charge on any atom is 0.339 e. The topological polar surface area (TPSA) is 115 Å². The molecule has 0 unspecified atom stereocenters. The average Bonchev–Trinajstić information content (AvgIpc) is 3.05. The van der Waals surface area contributed by atoms with E-state index in [1.807, 2.05) is 0 Å². The van der Waals surface area contributed by atoms with E-state index >= 15 is 0 Å². The van der Waals surface area contributed by atoms with Crippen LogP contribution in [0.25, 0.3) is 5.76 Å². The van der Waals surface area contributed by atoms with Gasteiger partial charge in [0.15, 0.2) is 0 Å². The van der Waals surface area contributed by atoms with Crippen LogP contribution in [0, 0.1) is 0 Å². The monoisotopic (exact) mass is 449 g/mol. The van der Waals surface area contributed by atoms with E-state index in [1.165, 1.54) is 6.07 Å². The number of carboxylic acids is 1. The number of halogens is 1. The molecule has 0 aromatic heterocycles. The highest BCUT2D eigenvalue weighted by Gasteiger charge is 2.47. The Morgan fingerprint density at radius 1 is 0.906 bits per heavy atom. The van der Waals surface area contributed by atoms with Crippen molar-refractivity contribution in [3.8, 4) is 5.75 Å². The third-order valence-corrected chi connectivity index (χ3v) is 5.42. The average molecular weight is 450 g/mol. The molecule has 4 rings (SSSR count). The molecule has 1 amide bonds. The Kier molecular flexibility index (Phi) is 5.42. The molecule has 3 N–H and O–H groups in total. The molecule has 0 radical (unpaired) electrons. The summed E-state index contributed by atoms with van der Waals surface area (Å²) < 4.78 is 0. The highest BCUT2D eigenvalue weighted by molar-refractivity contribution is 6.51. The van der Waals surface area contributed by atoms with E-state index in [-0.39, 0.29) is 17.0 Å². The number of carbonyl (C=O) groups excluding carboxylic acids is 2. The van der Waals surface area contributed by atoms with Crippen LogP contribution in [0.4, 0.5) is 5.69 Å². The van der Waals surface area contributed by atoms with Crippen molar-refractivity contribution in [2.75, 3.05) is 4.90 Å². The maximum absolute atomic E-state index is 13.1. The molecule has 7 nitrogen and oxygen atoms in total. The number of hydrogen-bond acceptors (Lipinski definition) is 5. The van der Waals surface area contributed by atoms with Gasteiger partial charge in [0.2, 0.25) is 0 Å². The summed E-state index contributed by atoms with van der Waals surface area (Å²) in [6.45, 7) is 0. The first kappa shape index (κ1) is 21.1. The number of nitrogens with zero attached hydrogens (tertiary/aromatic N) is 1. The zero-order chi connectivity index (χ0) is 23.0. The number of amides is 1. The standard InChI is InChI=1S/C24H16ClNO6/c25-15-8-6-13(7-9-15)20-19(21(28)14-4-2-1-3-5-14)22(29)23(30)26(20)16-10-11-18(27)17(12-16)24(31)32/h1-12,20,27-28H,(H,31,32)/t20-/m0/s1. The molecule has 160 valence electrons. The number of aliphatic hydroxyl groups is 1. The maximum atomic E-state index is 13.1. The number of rotatable bonds is 4. The van der Waals surface area contributed by atoms with Crippen molar-refractivity contribution in [2.24, 2.45) is 0 Å². The molecule has 8 heteroatoms. The van der Waals surface area contributed by atoms with Crippen LogP contribution in [-0.2, 0) is 9.59 Å². The van der Waals surface area contributed by atoms with Gasteiger partial charge in [-0.3, -0.25) is 14.5 Å². The fourth-order valence-electron chi connectivity index (χ4n) is 3.66. The molecule has 0 saturated carbocycles. The van der Waals surface area contributed by atoms with Crippen LogP contribution in [0.1, 0.15) is 27.5 Å². The summed E-state index contributed by atoms with van der Waals surface area (Å²) in [5.74, 6) is -4.09. The van der Waals surface area contributed by atoms with E-state index in [4.69, 9.17) is 11.6 Å². The molecule has 1 fully saturated rings. The summed E-state index contributed by atoms with van der Waals surface area (Å²) in [6.07, 6.45) is 0. The Hall–Kier alpha value is -4.10. The number of phenols is 1.